The van der Waals surface area contributed by atoms with E-state index in [2.05, 4.69) is 30.0 Å². The van der Waals surface area contributed by atoms with Crippen molar-refractivity contribution in [2.75, 3.05) is 25.4 Å². The van der Waals surface area contributed by atoms with Crippen molar-refractivity contribution < 1.29 is 10.0 Å². The van der Waals surface area contributed by atoms with Crippen molar-refractivity contribution in [3.05, 3.63) is 96.6 Å². The van der Waals surface area contributed by atoms with Gasteiger partial charge in [-0.25, -0.2) is 0 Å². The minimum Gasteiger partial charge on any atom is -0.506 e. The second-order valence-corrected chi connectivity index (χ2v) is 7.60. The van der Waals surface area contributed by atoms with Crippen LogP contribution < -0.4 is 10.2 Å². The highest BCUT2D eigenvalue weighted by Crippen LogP contribution is 2.39. The van der Waals surface area contributed by atoms with Gasteiger partial charge in [-0.2, -0.15) is 5.11 Å². The third-order valence-electron chi connectivity index (χ3n) is 5.42. The van der Waals surface area contributed by atoms with E-state index in [-0.39, 0.29) is 28.5 Å². The molecule has 0 fully saturated rings. The summed E-state index contributed by atoms with van der Waals surface area (Å²) in [6.45, 7) is 13.7. The molecule has 8 heteroatoms. The summed E-state index contributed by atoms with van der Waals surface area (Å²) in [6.07, 6.45) is 5.57. The van der Waals surface area contributed by atoms with E-state index in [0.29, 0.717) is 29.5 Å². The molecule has 8 nitrogen and oxygen atoms in total. The predicted octanol–water partition coefficient (Wildman–Crippen LogP) is 6.32. The van der Waals surface area contributed by atoms with Gasteiger partial charge in [0.05, 0.1) is 10.6 Å². The highest BCUT2D eigenvalue weighted by molar-refractivity contribution is 5.97. The van der Waals surface area contributed by atoms with E-state index in [1.807, 2.05) is 36.4 Å². The molecular weight excluding hydrogens is 418 g/mol. The number of phenols is 1. The normalized spacial score (nSPS) is 11.5. The second kappa shape index (κ2) is 9.88. The van der Waals surface area contributed by atoms with E-state index in [9.17, 15) is 15.2 Å². The Morgan fingerprint density at radius 1 is 0.970 bits per heavy atom. The van der Waals surface area contributed by atoms with Crippen LogP contribution in [0.5, 0.6) is 5.75 Å². The zero-order chi connectivity index (χ0) is 24.0. The Morgan fingerprint density at radius 2 is 1.61 bits per heavy atom. The van der Waals surface area contributed by atoms with Crippen molar-refractivity contribution >= 4 is 39.2 Å². The molecule has 3 rings (SSSR count). The topological polar surface area (TPSA) is 114 Å². The average Bonchev–Trinajstić information content (AvgIpc) is 2.79. The molecule has 3 aromatic rings. The van der Waals surface area contributed by atoms with Crippen molar-refractivity contribution in [2.45, 2.75) is 0 Å². The van der Waals surface area contributed by atoms with Gasteiger partial charge in [0.1, 0.15) is 42.4 Å². The maximum atomic E-state index is 11.2. The molecule has 0 unspecified atom stereocenters. The molecule has 0 heterocycles. The first kappa shape index (κ1) is 23.4. The molecule has 0 aromatic heterocycles. The maximum Gasteiger partial charge on any atom is 0.294 e. The fourth-order valence-electron chi connectivity index (χ4n) is 3.82. The van der Waals surface area contributed by atoms with Crippen molar-refractivity contribution in [1.29, 1.82) is 0 Å². The number of rotatable bonds is 10. The Kier molecular flexibility index (Phi) is 7.00. The third kappa shape index (κ3) is 4.81. The molecule has 3 N–H and O–H groups in total. The first-order valence-electron chi connectivity index (χ1n) is 10.3. The number of nitrogens with two attached hydrogens (primary N) is 1. The number of quaternary nitrogens is 1. The molecule has 0 bridgehead atoms. The molecule has 0 saturated heterocycles. The van der Waals surface area contributed by atoms with Crippen LogP contribution in [-0.4, -0.2) is 29.7 Å². The summed E-state index contributed by atoms with van der Waals surface area (Å²) >= 11 is 0. The maximum absolute atomic E-state index is 11.2. The van der Waals surface area contributed by atoms with Gasteiger partial charge in [-0.3, -0.25) is 14.6 Å². The summed E-state index contributed by atoms with van der Waals surface area (Å²) < 4.78 is 0.531. The van der Waals surface area contributed by atoms with Crippen LogP contribution in [0.1, 0.15) is 0 Å². The second-order valence-electron chi connectivity index (χ2n) is 7.60. The summed E-state index contributed by atoms with van der Waals surface area (Å²) in [5.74, 6) is -0.0531. The summed E-state index contributed by atoms with van der Waals surface area (Å²) in [5, 5.41) is 31.6. The smallest absolute Gasteiger partial charge is 0.294 e. The van der Waals surface area contributed by atoms with Gasteiger partial charge in [-0.1, -0.05) is 25.8 Å². The molecule has 0 atom stereocenters. The summed E-state index contributed by atoms with van der Waals surface area (Å²) in [7, 11) is 0. The molecule has 0 amide bonds. The Morgan fingerprint density at radius 3 is 2.21 bits per heavy atom. The zero-order valence-corrected chi connectivity index (χ0v) is 18.2. The van der Waals surface area contributed by atoms with Crippen LogP contribution in [0.15, 0.2) is 96.7 Å². The molecule has 0 aliphatic rings. The lowest BCUT2D eigenvalue weighted by molar-refractivity contribution is -0.383. The highest BCUT2D eigenvalue weighted by atomic mass is 16.6. The number of aromatic hydroxyl groups is 1. The number of nitrogen functional groups attached to an aromatic ring is 1. The van der Waals surface area contributed by atoms with Gasteiger partial charge in [0, 0.05) is 17.5 Å². The van der Waals surface area contributed by atoms with Gasteiger partial charge in [0.2, 0.25) is 0 Å². The number of hydrogen-bond acceptors (Lipinski definition) is 6. The van der Waals surface area contributed by atoms with Gasteiger partial charge in [0.15, 0.2) is 0 Å². The van der Waals surface area contributed by atoms with E-state index in [4.69, 9.17) is 5.73 Å². The van der Waals surface area contributed by atoms with Gasteiger partial charge < -0.3 is 10.8 Å². The van der Waals surface area contributed by atoms with E-state index in [1.54, 1.807) is 12.1 Å². The molecule has 168 valence electrons. The quantitative estimate of drug-likeness (QED) is 0.0951. The Labute approximate surface area is 192 Å². The number of hydrogen-bond donors (Lipinski definition) is 2. The van der Waals surface area contributed by atoms with E-state index >= 15 is 0 Å². The first-order chi connectivity index (χ1) is 15.8. The fraction of sp³-hybridized carbons (Fsp3) is 0.120. The van der Waals surface area contributed by atoms with Crippen molar-refractivity contribution in [3.8, 4) is 5.75 Å². The number of nitro groups is 1. The van der Waals surface area contributed by atoms with E-state index < -0.39 is 4.92 Å². The Hall–Kier alpha value is -4.30. The highest BCUT2D eigenvalue weighted by Gasteiger charge is 2.27. The van der Waals surface area contributed by atoms with Gasteiger partial charge in [-0.15, -0.1) is 5.11 Å². The zero-order valence-electron chi connectivity index (χ0n) is 18.2. The van der Waals surface area contributed by atoms with E-state index in [1.165, 1.54) is 18.2 Å². The third-order valence-corrected chi connectivity index (χ3v) is 5.42. The van der Waals surface area contributed by atoms with Gasteiger partial charge in [0.25, 0.3) is 5.69 Å². The standard InChI is InChI=1S/C25H25N5O3/c1-4-13-30(14-5-2,15-6-3)20-10-7-18-8-12-24(31)25(21(18)17-20)28-27-19-9-11-22(26)23(16-19)29(32)33/h4-12,16-17H,1-3,13-15H2,(H2-,26,27,28,31)/p+1. The minimum absolute atomic E-state index is 0.0392. The lowest BCUT2D eigenvalue weighted by Crippen LogP contribution is -2.49. The molecule has 0 aliphatic heterocycles. The number of phenolic OH excluding ortho intramolecular Hbond substituents is 1. The summed E-state index contributed by atoms with van der Waals surface area (Å²) in [4.78, 5) is 10.6. The molecular formula is C25H26N5O3+. The molecule has 0 saturated carbocycles. The predicted molar refractivity (Wildman–Crippen MR) is 134 cm³/mol. The first-order valence-corrected chi connectivity index (χ1v) is 10.3. The average molecular weight is 445 g/mol. The number of anilines is 1. The van der Waals surface area contributed by atoms with Gasteiger partial charge >= 0.3 is 0 Å². The molecule has 3 aromatic carbocycles. The number of nitrogens with zero attached hydrogens (tertiary/aromatic N) is 4. The van der Waals surface area contributed by atoms with Crippen LogP contribution in [-0.2, 0) is 0 Å². The van der Waals surface area contributed by atoms with Crippen LogP contribution in [0.25, 0.3) is 10.8 Å². The van der Waals surface area contributed by atoms with Crippen LogP contribution in [0.4, 0.5) is 28.4 Å². The number of nitro benzene ring substituents is 1. The van der Waals surface area contributed by atoms with Crippen molar-refractivity contribution in [3.63, 3.8) is 0 Å². The van der Waals surface area contributed by atoms with Crippen LogP contribution in [0.2, 0.25) is 0 Å². The number of fused-ring (bicyclic) bond motifs is 1. The Bertz CT molecular complexity index is 1240. The van der Waals surface area contributed by atoms with E-state index in [0.717, 1.165) is 11.1 Å². The van der Waals surface area contributed by atoms with Crippen LogP contribution in [0.3, 0.4) is 0 Å². The van der Waals surface area contributed by atoms with Gasteiger partial charge in [-0.05, 0) is 53.9 Å². The number of benzene rings is 3. The number of azo groups is 1. The molecule has 0 aliphatic carbocycles. The van der Waals surface area contributed by atoms with Crippen LogP contribution in [0, 0.1) is 10.1 Å². The molecule has 0 spiro atoms. The van der Waals surface area contributed by atoms with Crippen molar-refractivity contribution in [1.82, 2.24) is 4.48 Å². The fourth-order valence-corrected chi connectivity index (χ4v) is 3.82. The largest absolute Gasteiger partial charge is 0.506 e. The SMILES string of the molecule is C=CC[N+](CC=C)(CC=C)c1ccc2ccc(O)c(N=Nc3ccc(N)c([N+](=O)[O-])c3)c2c1. The minimum atomic E-state index is -0.577. The Balaban J connectivity index is 2.15. The summed E-state index contributed by atoms with van der Waals surface area (Å²) in [6, 6.07) is 13.5. The lowest BCUT2D eigenvalue weighted by atomic mass is 10.1. The summed E-state index contributed by atoms with van der Waals surface area (Å²) in [5.41, 5.74) is 6.93. The lowest BCUT2D eigenvalue weighted by Gasteiger charge is -2.35. The molecule has 0 radical (unpaired) electrons. The van der Waals surface area contributed by atoms with Crippen LogP contribution >= 0.6 is 0 Å². The monoisotopic (exact) mass is 444 g/mol. The molecule has 33 heavy (non-hydrogen) atoms. The van der Waals surface area contributed by atoms with Crippen molar-refractivity contribution in [2.24, 2.45) is 10.2 Å².